The molecule has 0 saturated heterocycles. The molecule has 2 N–H and O–H groups in total. The zero-order chi connectivity index (χ0) is 16.9. The molecule has 24 heavy (non-hydrogen) atoms. The molecule has 0 radical (unpaired) electrons. The number of amides is 1. The van der Waals surface area contributed by atoms with Gasteiger partial charge in [-0.3, -0.25) is 9.20 Å². The van der Waals surface area contributed by atoms with Gasteiger partial charge in [0.25, 0.3) is 5.91 Å². The van der Waals surface area contributed by atoms with Crippen LogP contribution in [-0.2, 0) is 4.79 Å². The Morgan fingerprint density at radius 1 is 1.46 bits per heavy atom. The van der Waals surface area contributed by atoms with Crippen LogP contribution in [0.4, 0.5) is 5.69 Å². The van der Waals surface area contributed by atoms with Crippen LogP contribution in [0.5, 0.6) is 5.75 Å². The highest BCUT2D eigenvalue weighted by Gasteiger charge is 2.09. The van der Waals surface area contributed by atoms with Crippen molar-refractivity contribution in [3.8, 4) is 5.75 Å². The van der Waals surface area contributed by atoms with Crippen molar-refractivity contribution in [2.75, 3.05) is 19.0 Å². The van der Waals surface area contributed by atoms with Crippen LogP contribution >= 0.6 is 22.9 Å². The summed E-state index contributed by atoms with van der Waals surface area (Å²) in [7, 11) is 1.60. The summed E-state index contributed by atoms with van der Waals surface area (Å²) in [5.41, 5.74) is 3.88. The SMILES string of the molecule is COc1ccc(NCC(=O)N/N=C\c2c(Cl)nc3sccn23)cc1. The van der Waals surface area contributed by atoms with Crippen molar-refractivity contribution < 1.29 is 9.53 Å². The van der Waals surface area contributed by atoms with Gasteiger partial charge in [0.2, 0.25) is 0 Å². The molecule has 2 heterocycles. The molecule has 0 spiro atoms. The lowest BCUT2D eigenvalue weighted by Gasteiger charge is -2.06. The first-order valence-corrected chi connectivity index (χ1v) is 8.24. The van der Waals surface area contributed by atoms with Gasteiger partial charge in [-0.15, -0.1) is 11.3 Å². The van der Waals surface area contributed by atoms with Crippen LogP contribution in [-0.4, -0.2) is 35.2 Å². The number of nitrogens with one attached hydrogen (secondary N) is 2. The quantitative estimate of drug-likeness (QED) is 0.521. The standard InChI is InChI=1S/C15H14ClN5O2S/c1-23-11-4-2-10(3-5-11)17-9-13(22)20-18-8-12-14(16)19-15-21(12)6-7-24-15/h2-8,17H,9H2,1H3,(H,20,22)/b18-8-. The molecule has 0 aliphatic carbocycles. The molecule has 0 unspecified atom stereocenters. The van der Waals surface area contributed by atoms with E-state index >= 15 is 0 Å². The number of fused-ring (bicyclic) bond motifs is 1. The molecule has 3 aromatic rings. The number of ether oxygens (including phenoxy) is 1. The predicted octanol–water partition coefficient (Wildman–Crippen LogP) is 2.62. The molecule has 2 aromatic heterocycles. The van der Waals surface area contributed by atoms with Gasteiger partial charge in [-0.1, -0.05) is 11.6 Å². The Bertz CT molecular complexity index is 872. The fourth-order valence-corrected chi connectivity index (χ4v) is 2.98. The van der Waals surface area contributed by atoms with Crippen LogP contribution in [0, 0.1) is 0 Å². The van der Waals surface area contributed by atoms with E-state index < -0.39 is 0 Å². The molecule has 0 aliphatic rings. The number of aromatic nitrogens is 2. The Morgan fingerprint density at radius 2 is 2.25 bits per heavy atom. The second kappa shape index (κ2) is 7.33. The first kappa shape index (κ1) is 16.3. The van der Waals surface area contributed by atoms with Crippen LogP contribution in [0.3, 0.4) is 0 Å². The Kier molecular flexibility index (Phi) is 4.97. The van der Waals surface area contributed by atoms with Crippen molar-refractivity contribution in [2.45, 2.75) is 0 Å². The van der Waals surface area contributed by atoms with Gasteiger partial charge in [-0.25, -0.2) is 10.4 Å². The molecule has 0 fully saturated rings. The van der Waals surface area contributed by atoms with Crippen molar-refractivity contribution in [2.24, 2.45) is 5.10 Å². The maximum Gasteiger partial charge on any atom is 0.259 e. The van der Waals surface area contributed by atoms with E-state index in [0.717, 1.165) is 16.4 Å². The highest BCUT2D eigenvalue weighted by atomic mass is 35.5. The van der Waals surface area contributed by atoms with E-state index in [1.54, 1.807) is 11.5 Å². The van der Waals surface area contributed by atoms with Crippen LogP contribution < -0.4 is 15.5 Å². The Balaban J connectivity index is 1.53. The number of rotatable bonds is 6. The first-order chi connectivity index (χ1) is 11.7. The van der Waals surface area contributed by atoms with Gasteiger partial charge in [0.15, 0.2) is 10.1 Å². The summed E-state index contributed by atoms with van der Waals surface area (Å²) in [4.78, 5) is 16.8. The summed E-state index contributed by atoms with van der Waals surface area (Å²) in [5, 5.41) is 9.15. The van der Waals surface area contributed by atoms with E-state index in [-0.39, 0.29) is 12.5 Å². The van der Waals surface area contributed by atoms with E-state index in [2.05, 4.69) is 20.8 Å². The van der Waals surface area contributed by atoms with Gasteiger partial charge in [-0.05, 0) is 24.3 Å². The second-order valence-corrected chi connectivity index (χ2v) is 5.95. The number of hydrazone groups is 1. The molecule has 1 amide bonds. The molecule has 9 heteroatoms. The molecule has 0 aliphatic heterocycles. The molecule has 0 saturated carbocycles. The van der Waals surface area contributed by atoms with E-state index in [0.29, 0.717) is 10.8 Å². The minimum absolute atomic E-state index is 0.0949. The third-order valence-electron chi connectivity index (χ3n) is 3.17. The van der Waals surface area contributed by atoms with Crippen molar-refractivity contribution in [3.63, 3.8) is 0 Å². The first-order valence-electron chi connectivity index (χ1n) is 6.98. The number of carbonyl (C=O) groups is 1. The maximum absolute atomic E-state index is 11.8. The molecule has 7 nitrogen and oxygen atoms in total. The number of anilines is 1. The van der Waals surface area contributed by atoms with E-state index in [1.165, 1.54) is 17.6 Å². The lowest BCUT2D eigenvalue weighted by molar-refractivity contribution is -0.119. The number of thiazole rings is 1. The number of carbonyl (C=O) groups excluding carboxylic acids is 1. The Morgan fingerprint density at radius 3 is 3.00 bits per heavy atom. The third-order valence-corrected chi connectivity index (χ3v) is 4.21. The lowest BCUT2D eigenvalue weighted by atomic mass is 10.3. The van der Waals surface area contributed by atoms with Crippen molar-refractivity contribution in [1.82, 2.24) is 14.8 Å². The second-order valence-electron chi connectivity index (χ2n) is 4.72. The summed E-state index contributed by atoms with van der Waals surface area (Å²) < 4.78 is 6.88. The summed E-state index contributed by atoms with van der Waals surface area (Å²) >= 11 is 7.51. The van der Waals surface area contributed by atoms with Gasteiger partial charge >= 0.3 is 0 Å². The molecular weight excluding hydrogens is 350 g/mol. The number of hydrogen-bond donors (Lipinski definition) is 2. The van der Waals surface area contributed by atoms with Crippen molar-refractivity contribution in [3.05, 3.63) is 46.7 Å². The van der Waals surface area contributed by atoms with Gasteiger partial charge in [0, 0.05) is 17.3 Å². The smallest absolute Gasteiger partial charge is 0.259 e. The number of halogens is 1. The average Bonchev–Trinajstić information content (AvgIpc) is 3.15. The summed E-state index contributed by atoms with van der Waals surface area (Å²) in [6, 6.07) is 7.28. The zero-order valence-electron chi connectivity index (χ0n) is 12.7. The molecule has 1 aromatic carbocycles. The minimum atomic E-state index is -0.274. The molecule has 124 valence electrons. The maximum atomic E-state index is 11.8. The minimum Gasteiger partial charge on any atom is -0.497 e. The molecule has 3 rings (SSSR count). The largest absolute Gasteiger partial charge is 0.497 e. The van der Waals surface area contributed by atoms with Crippen LogP contribution in [0.15, 0.2) is 40.9 Å². The molecule has 0 atom stereocenters. The number of nitrogens with zero attached hydrogens (tertiary/aromatic N) is 3. The predicted molar refractivity (Wildman–Crippen MR) is 95.3 cm³/mol. The van der Waals surface area contributed by atoms with Gasteiger partial charge in [-0.2, -0.15) is 5.10 Å². The van der Waals surface area contributed by atoms with E-state index in [9.17, 15) is 4.79 Å². The molecule has 0 bridgehead atoms. The average molecular weight is 364 g/mol. The third kappa shape index (κ3) is 3.66. The van der Waals surface area contributed by atoms with Crippen molar-refractivity contribution in [1.29, 1.82) is 0 Å². The highest BCUT2D eigenvalue weighted by Crippen LogP contribution is 2.19. The molecular formula is C15H14ClN5O2S. The van der Waals surface area contributed by atoms with Crippen LogP contribution in [0.25, 0.3) is 4.96 Å². The van der Waals surface area contributed by atoms with E-state index in [4.69, 9.17) is 16.3 Å². The summed E-state index contributed by atoms with van der Waals surface area (Å²) in [6.07, 6.45) is 3.31. The zero-order valence-corrected chi connectivity index (χ0v) is 14.3. The number of methoxy groups -OCH3 is 1. The van der Waals surface area contributed by atoms with Crippen LogP contribution in [0.1, 0.15) is 5.69 Å². The highest BCUT2D eigenvalue weighted by molar-refractivity contribution is 7.15. The monoisotopic (exact) mass is 363 g/mol. The Labute approximate surface area is 146 Å². The van der Waals surface area contributed by atoms with E-state index in [1.807, 2.05) is 35.8 Å². The van der Waals surface area contributed by atoms with Gasteiger partial charge in [0.1, 0.15) is 11.4 Å². The number of imidazole rings is 1. The fraction of sp³-hybridized carbons (Fsp3) is 0.133. The topological polar surface area (TPSA) is 80.0 Å². The Hall–Kier alpha value is -2.58. The van der Waals surface area contributed by atoms with Crippen molar-refractivity contribution >= 4 is 45.7 Å². The van der Waals surface area contributed by atoms with Crippen LogP contribution in [0.2, 0.25) is 5.15 Å². The normalized spacial score (nSPS) is 11.1. The van der Waals surface area contributed by atoms with Gasteiger partial charge < -0.3 is 10.1 Å². The number of benzene rings is 1. The number of hydrogen-bond acceptors (Lipinski definition) is 6. The van der Waals surface area contributed by atoms with Gasteiger partial charge in [0.05, 0.1) is 19.9 Å². The summed E-state index contributed by atoms with van der Waals surface area (Å²) in [5.74, 6) is 0.483. The lowest BCUT2D eigenvalue weighted by Crippen LogP contribution is -2.25. The fourth-order valence-electron chi connectivity index (χ4n) is 1.99. The summed E-state index contributed by atoms with van der Waals surface area (Å²) in [6.45, 7) is 0.0949.